The van der Waals surface area contributed by atoms with Crippen molar-refractivity contribution in [1.82, 2.24) is 15.0 Å². The molecule has 0 aromatic carbocycles. The molecular weight excluding hydrogens is 214 g/mol. The van der Waals surface area contributed by atoms with Crippen LogP contribution in [-0.4, -0.2) is 28.1 Å². The lowest BCUT2D eigenvalue weighted by molar-refractivity contribution is 0.272. The van der Waals surface area contributed by atoms with Gasteiger partial charge >= 0.3 is 0 Å². The molecule has 1 aliphatic rings. The summed E-state index contributed by atoms with van der Waals surface area (Å²) >= 11 is 0. The Kier molecular flexibility index (Phi) is 3.78. The molecule has 0 amide bonds. The van der Waals surface area contributed by atoms with E-state index in [9.17, 15) is 0 Å². The molecule has 1 fully saturated rings. The minimum absolute atomic E-state index is 0.323. The minimum Gasteiger partial charge on any atom is -0.383 e. The van der Waals surface area contributed by atoms with E-state index in [0.29, 0.717) is 11.7 Å². The zero-order valence-corrected chi connectivity index (χ0v) is 10.6. The van der Waals surface area contributed by atoms with Crippen LogP contribution >= 0.6 is 0 Å². The fourth-order valence-electron chi connectivity index (χ4n) is 2.22. The van der Waals surface area contributed by atoms with Crippen LogP contribution in [0.4, 0.5) is 11.6 Å². The summed E-state index contributed by atoms with van der Waals surface area (Å²) < 4.78 is 0. The number of nitrogens with two attached hydrogens (primary N) is 1. The molecule has 0 unspecified atom stereocenters. The van der Waals surface area contributed by atoms with Gasteiger partial charge in [-0.25, -0.2) is 15.0 Å². The molecule has 1 aromatic rings. The number of anilines is 2. The van der Waals surface area contributed by atoms with Gasteiger partial charge in [0.25, 0.3) is 0 Å². The first-order chi connectivity index (χ1) is 8.18. The molecule has 0 atom stereocenters. The number of nitrogen functional groups attached to an aromatic ring is 1. The van der Waals surface area contributed by atoms with Gasteiger partial charge in [-0.3, -0.25) is 0 Å². The monoisotopic (exact) mass is 235 g/mol. The molecule has 5 nitrogen and oxygen atoms in total. The van der Waals surface area contributed by atoms with Crippen LogP contribution in [0.2, 0.25) is 0 Å². The molecule has 1 saturated heterocycles. The van der Waals surface area contributed by atoms with Gasteiger partial charge in [-0.05, 0) is 18.8 Å². The second-order valence-corrected chi connectivity index (χ2v) is 4.84. The van der Waals surface area contributed by atoms with Gasteiger partial charge in [0.15, 0.2) is 0 Å². The quantitative estimate of drug-likeness (QED) is 0.838. The summed E-state index contributed by atoms with van der Waals surface area (Å²) in [6.07, 6.45) is 5.32. The number of hydrazine groups is 1. The SMILES string of the molecule is CC(C)c1c(N)ncnc1NN1CCCCC1. The van der Waals surface area contributed by atoms with Gasteiger partial charge < -0.3 is 11.2 Å². The maximum Gasteiger partial charge on any atom is 0.149 e. The van der Waals surface area contributed by atoms with Crippen molar-refractivity contribution in [2.45, 2.75) is 39.0 Å². The summed E-state index contributed by atoms with van der Waals surface area (Å²) in [5.74, 6) is 1.76. The Morgan fingerprint density at radius 3 is 2.59 bits per heavy atom. The van der Waals surface area contributed by atoms with Gasteiger partial charge in [0.1, 0.15) is 18.0 Å². The predicted octanol–water partition coefficient (Wildman–Crippen LogP) is 2.00. The highest BCUT2D eigenvalue weighted by molar-refractivity contribution is 5.56. The van der Waals surface area contributed by atoms with E-state index in [4.69, 9.17) is 5.73 Å². The Bertz CT molecular complexity index is 371. The maximum atomic E-state index is 5.92. The second kappa shape index (κ2) is 5.31. The highest BCUT2D eigenvalue weighted by Gasteiger charge is 2.16. The van der Waals surface area contributed by atoms with E-state index in [1.807, 2.05) is 0 Å². The summed E-state index contributed by atoms with van der Waals surface area (Å²) in [5.41, 5.74) is 10.3. The summed E-state index contributed by atoms with van der Waals surface area (Å²) in [6, 6.07) is 0. The molecule has 17 heavy (non-hydrogen) atoms. The van der Waals surface area contributed by atoms with Crippen molar-refractivity contribution in [1.29, 1.82) is 0 Å². The molecular formula is C12H21N5. The van der Waals surface area contributed by atoms with Crippen molar-refractivity contribution < 1.29 is 0 Å². The number of hydrogen-bond acceptors (Lipinski definition) is 5. The largest absolute Gasteiger partial charge is 0.383 e. The van der Waals surface area contributed by atoms with Gasteiger partial charge in [0, 0.05) is 18.7 Å². The van der Waals surface area contributed by atoms with Crippen LogP contribution in [0.15, 0.2) is 6.33 Å². The van der Waals surface area contributed by atoms with E-state index < -0.39 is 0 Å². The molecule has 2 heterocycles. The number of piperidine rings is 1. The Balaban J connectivity index is 2.16. The maximum absolute atomic E-state index is 5.92. The lowest BCUT2D eigenvalue weighted by atomic mass is 10.1. The third kappa shape index (κ3) is 2.85. The fraction of sp³-hybridized carbons (Fsp3) is 0.667. The van der Waals surface area contributed by atoms with Gasteiger partial charge in [-0.1, -0.05) is 20.3 Å². The topological polar surface area (TPSA) is 67.1 Å². The van der Waals surface area contributed by atoms with E-state index in [-0.39, 0.29) is 0 Å². The summed E-state index contributed by atoms with van der Waals surface area (Å²) in [7, 11) is 0. The van der Waals surface area contributed by atoms with Crippen molar-refractivity contribution in [3.05, 3.63) is 11.9 Å². The molecule has 3 N–H and O–H groups in total. The van der Waals surface area contributed by atoms with Gasteiger partial charge in [0.2, 0.25) is 0 Å². The third-order valence-corrected chi connectivity index (χ3v) is 3.11. The lowest BCUT2D eigenvalue weighted by Crippen LogP contribution is -2.35. The van der Waals surface area contributed by atoms with Gasteiger partial charge in [-0.2, -0.15) is 0 Å². The van der Waals surface area contributed by atoms with E-state index in [2.05, 4.69) is 34.3 Å². The van der Waals surface area contributed by atoms with Crippen LogP contribution in [0.25, 0.3) is 0 Å². The van der Waals surface area contributed by atoms with Crippen LogP contribution in [-0.2, 0) is 0 Å². The molecule has 0 radical (unpaired) electrons. The first kappa shape index (κ1) is 12.1. The fourth-order valence-corrected chi connectivity index (χ4v) is 2.22. The standard InChI is InChI=1S/C12H21N5/c1-9(2)10-11(13)14-8-15-12(10)16-17-6-4-3-5-7-17/h8-9H,3-7H2,1-2H3,(H3,13,14,15,16). The first-order valence-electron chi connectivity index (χ1n) is 6.30. The van der Waals surface area contributed by atoms with Crippen molar-refractivity contribution >= 4 is 11.6 Å². The Labute approximate surface area is 102 Å². The Hall–Kier alpha value is -1.36. The Morgan fingerprint density at radius 2 is 1.94 bits per heavy atom. The minimum atomic E-state index is 0.323. The number of aromatic nitrogens is 2. The zero-order chi connectivity index (χ0) is 12.3. The highest BCUT2D eigenvalue weighted by Crippen LogP contribution is 2.26. The van der Waals surface area contributed by atoms with E-state index in [1.165, 1.54) is 25.6 Å². The predicted molar refractivity (Wildman–Crippen MR) is 69.6 cm³/mol. The zero-order valence-electron chi connectivity index (χ0n) is 10.6. The van der Waals surface area contributed by atoms with Gasteiger partial charge in [0.05, 0.1) is 0 Å². The van der Waals surface area contributed by atoms with Crippen LogP contribution in [0.5, 0.6) is 0 Å². The molecule has 0 bridgehead atoms. The normalized spacial score (nSPS) is 17.4. The summed E-state index contributed by atoms with van der Waals surface area (Å²) in [6.45, 7) is 6.36. The number of rotatable bonds is 3. The summed E-state index contributed by atoms with van der Waals surface area (Å²) in [4.78, 5) is 8.37. The van der Waals surface area contributed by atoms with Crippen molar-refractivity contribution in [3.8, 4) is 0 Å². The number of nitrogens with zero attached hydrogens (tertiary/aromatic N) is 3. The molecule has 94 valence electrons. The van der Waals surface area contributed by atoms with E-state index in [1.54, 1.807) is 0 Å². The van der Waals surface area contributed by atoms with Gasteiger partial charge in [-0.15, -0.1) is 0 Å². The van der Waals surface area contributed by atoms with Crippen LogP contribution < -0.4 is 11.2 Å². The molecule has 0 aliphatic carbocycles. The molecule has 5 heteroatoms. The van der Waals surface area contributed by atoms with Crippen molar-refractivity contribution in [2.24, 2.45) is 0 Å². The number of nitrogens with one attached hydrogen (secondary N) is 1. The van der Waals surface area contributed by atoms with E-state index in [0.717, 1.165) is 24.5 Å². The first-order valence-corrected chi connectivity index (χ1v) is 6.30. The molecule has 0 saturated carbocycles. The van der Waals surface area contributed by atoms with Crippen molar-refractivity contribution in [2.75, 3.05) is 24.2 Å². The van der Waals surface area contributed by atoms with Crippen LogP contribution in [0.1, 0.15) is 44.6 Å². The molecule has 0 spiro atoms. The number of hydrogen-bond donors (Lipinski definition) is 2. The third-order valence-electron chi connectivity index (χ3n) is 3.11. The lowest BCUT2D eigenvalue weighted by Gasteiger charge is -2.28. The Morgan fingerprint density at radius 1 is 1.24 bits per heavy atom. The average molecular weight is 235 g/mol. The van der Waals surface area contributed by atoms with Crippen LogP contribution in [0.3, 0.4) is 0 Å². The second-order valence-electron chi connectivity index (χ2n) is 4.84. The van der Waals surface area contributed by atoms with Crippen LogP contribution in [0, 0.1) is 0 Å². The summed E-state index contributed by atoms with van der Waals surface area (Å²) in [5, 5.41) is 2.22. The van der Waals surface area contributed by atoms with Crippen molar-refractivity contribution in [3.63, 3.8) is 0 Å². The highest BCUT2D eigenvalue weighted by atomic mass is 15.5. The molecule has 1 aromatic heterocycles. The molecule has 2 rings (SSSR count). The smallest absolute Gasteiger partial charge is 0.149 e. The average Bonchev–Trinajstić information content (AvgIpc) is 2.30. The van der Waals surface area contributed by atoms with E-state index >= 15 is 0 Å². The molecule has 1 aliphatic heterocycles.